The second-order valence-electron chi connectivity index (χ2n) is 8.21. The van der Waals surface area contributed by atoms with E-state index < -0.39 is 0 Å². The van der Waals surface area contributed by atoms with Crippen LogP contribution in [-0.2, 0) is 9.53 Å². The van der Waals surface area contributed by atoms with Gasteiger partial charge in [0.05, 0.1) is 6.61 Å². The average molecular weight is 283 g/mol. The van der Waals surface area contributed by atoms with E-state index >= 15 is 0 Å². The van der Waals surface area contributed by atoms with Crippen molar-refractivity contribution in [3.63, 3.8) is 0 Å². The van der Waals surface area contributed by atoms with Gasteiger partial charge in [0.1, 0.15) is 6.23 Å². The molecule has 0 radical (unpaired) electrons. The monoisotopic (exact) mass is 283 g/mol. The van der Waals surface area contributed by atoms with Crippen molar-refractivity contribution in [2.75, 3.05) is 13.2 Å². The number of nitrogens with zero attached hydrogens (tertiary/aromatic N) is 1. The number of rotatable bonds is 5. The fourth-order valence-corrected chi connectivity index (χ4v) is 3.31. The maximum absolute atomic E-state index is 12.1. The number of hydrogen-bond acceptors (Lipinski definition) is 2. The summed E-state index contributed by atoms with van der Waals surface area (Å²) >= 11 is 0. The Kier molecular flexibility index (Phi) is 6.06. The molecule has 0 bridgehead atoms. The largest absolute Gasteiger partial charge is 0.358 e. The molecule has 1 amide bonds. The van der Waals surface area contributed by atoms with Crippen LogP contribution in [0.2, 0.25) is 0 Å². The van der Waals surface area contributed by atoms with Crippen LogP contribution < -0.4 is 0 Å². The van der Waals surface area contributed by atoms with Crippen LogP contribution in [0.3, 0.4) is 0 Å². The number of amides is 1. The minimum atomic E-state index is -0.0974. The summed E-state index contributed by atoms with van der Waals surface area (Å²) in [6.45, 7) is 14.8. The lowest BCUT2D eigenvalue weighted by Crippen LogP contribution is -2.41. The Hall–Kier alpha value is -0.570. The van der Waals surface area contributed by atoms with Crippen LogP contribution in [0.15, 0.2) is 0 Å². The van der Waals surface area contributed by atoms with Gasteiger partial charge in [0, 0.05) is 13.0 Å². The third kappa shape index (κ3) is 6.25. The molecule has 0 aromatic rings. The van der Waals surface area contributed by atoms with Crippen LogP contribution in [0.25, 0.3) is 0 Å². The van der Waals surface area contributed by atoms with Gasteiger partial charge in [-0.25, -0.2) is 0 Å². The SMILES string of the molecule is CC(OCC(C)(C)CC(C)(C)C)N1CCCCCC1=O. The molecule has 1 rings (SSSR count). The highest BCUT2D eigenvalue weighted by Crippen LogP contribution is 2.33. The predicted molar refractivity (Wildman–Crippen MR) is 83.4 cm³/mol. The number of ether oxygens (including phenoxy) is 1. The zero-order chi connectivity index (χ0) is 15.4. The van der Waals surface area contributed by atoms with E-state index in [0.29, 0.717) is 18.4 Å². The normalized spacial score (nSPS) is 19.9. The molecular formula is C17H33NO2. The molecule has 0 aromatic heterocycles. The molecule has 0 saturated carbocycles. The van der Waals surface area contributed by atoms with Crippen LogP contribution >= 0.6 is 0 Å². The predicted octanol–water partition coefficient (Wildman–Crippen LogP) is 4.21. The minimum Gasteiger partial charge on any atom is -0.358 e. The van der Waals surface area contributed by atoms with Crippen molar-refractivity contribution in [2.45, 2.75) is 79.9 Å². The molecule has 1 aliphatic rings. The first kappa shape index (κ1) is 17.5. The van der Waals surface area contributed by atoms with Gasteiger partial charge in [-0.1, -0.05) is 41.0 Å². The summed E-state index contributed by atoms with van der Waals surface area (Å²) < 4.78 is 6.02. The summed E-state index contributed by atoms with van der Waals surface area (Å²) in [5.41, 5.74) is 0.440. The van der Waals surface area contributed by atoms with E-state index in [1.807, 2.05) is 11.8 Å². The van der Waals surface area contributed by atoms with Crippen molar-refractivity contribution in [3.8, 4) is 0 Å². The quantitative estimate of drug-likeness (QED) is 0.756. The molecule has 0 spiro atoms. The molecule has 1 heterocycles. The molecule has 1 unspecified atom stereocenters. The standard InChI is InChI=1S/C17H33NO2/c1-14(18-11-9-7-8-10-15(18)19)20-13-17(5,6)12-16(2,3)4/h14H,7-13H2,1-6H3. The first-order chi connectivity index (χ1) is 9.11. The lowest BCUT2D eigenvalue weighted by molar-refractivity contribution is -0.147. The highest BCUT2D eigenvalue weighted by Gasteiger charge is 2.28. The third-order valence-electron chi connectivity index (χ3n) is 3.77. The zero-order valence-corrected chi connectivity index (χ0v) is 14.3. The molecule has 0 N–H and O–H groups in total. The summed E-state index contributed by atoms with van der Waals surface area (Å²) in [6, 6.07) is 0. The first-order valence-electron chi connectivity index (χ1n) is 8.02. The van der Waals surface area contributed by atoms with Gasteiger partial charge in [-0.3, -0.25) is 4.79 Å². The lowest BCUT2D eigenvalue weighted by Gasteiger charge is -2.35. The number of carbonyl (C=O) groups is 1. The average Bonchev–Trinajstić information content (AvgIpc) is 2.48. The maximum Gasteiger partial charge on any atom is 0.224 e. The second kappa shape index (κ2) is 6.93. The van der Waals surface area contributed by atoms with E-state index in [2.05, 4.69) is 34.6 Å². The third-order valence-corrected chi connectivity index (χ3v) is 3.77. The van der Waals surface area contributed by atoms with Gasteiger partial charge in [0.2, 0.25) is 5.91 Å². The van der Waals surface area contributed by atoms with Crippen LogP contribution in [0.5, 0.6) is 0 Å². The van der Waals surface area contributed by atoms with Gasteiger partial charge in [-0.2, -0.15) is 0 Å². The Morgan fingerprint density at radius 2 is 1.80 bits per heavy atom. The van der Waals surface area contributed by atoms with E-state index in [-0.39, 0.29) is 17.6 Å². The molecule has 1 atom stereocenters. The van der Waals surface area contributed by atoms with Crippen molar-refractivity contribution in [2.24, 2.45) is 10.8 Å². The lowest BCUT2D eigenvalue weighted by atomic mass is 9.77. The van der Waals surface area contributed by atoms with E-state index in [0.717, 1.165) is 32.2 Å². The Labute approximate surface area is 125 Å². The van der Waals surface area contributed by atoms with Crippen molar-refractivity contribution < 1.29 is 9.53 Å². The molecule has 0 aliphatic carbocycles. The Bertz CT molecular complexity index is 317. The Balaban J connectivity index is 2.49. The van der Waals surface area contributed by atoms with Crippen LogP contribution in [-0.4, -0.2) is 30.2 Å². The molecule has 3 heteroatoms. The highest BCUT2D eigenvalue weighted by molar-refractivity contribution is 5.76. The summed E-state index contributed by atoms with van der Waals surface area (Å²) in [4.78, 5) is 14.0. The van der Waals surface area contributed by atoms with Crippen molar-refractivity contribution in [1.82, 2.24) is 4.90 Å². The first-order valence-corrected chi connectivity index (χ1v) is 8.02. The van der Waals surface area contributed by atoms with E-state index in [4.69, 9.17) is 4.74 Å². The topological polar surface area (TPSA) is 29.5 Å². The van der Waals surface area contributed by atoms with Gasteiger partial charge in [-0.15, -0.1) is 0 Å². The summed E-state index contributed by atoms with van der Waals surface area (Å²) in [5.74, 6) is 0.253. The van der Waals surface area contributed by atoms with Crippen molar-refractivity contribution >= 4 is 5.91 Å². The van der Waals surface area contributed by atoms with E-state index in [1.54, 1.807) is 0 Å². The molecule has 1 aliphatic heterocycles. The van der Waals surface area contributed by atoms with Crippen LogP contribution in [0, 0.1) is 10.8 Å². The molecule has 118 valence electrons. The number of hydrogen-bond donors (Lipinski definition) is 0. The highest BCUT2D eigenvalue weighted by atomic mass is 16.5. The number of likely N-dealkylation sites (tertiary alicyclic amines) is 1. The zero-order valence-electron chi connectivity index (χ0n) is 14.3. The summed E-state index contributed by atoms with van der Waals surface area (Å²) in [6.07, 6.45) is 4.98. The minimum absolute atomic E-state index is 0.0974. The molecular weight excluding hydrogens is 250 g/mol. The van der Waals surface area contributed by atoms with Gasteiger partial charge in [-0.05, 0) is 37.0 Å². The van der Waals surface area contributed by atoms with Crippen molar-refractivity contribution in [3.05, 3.63) is 0 Å². The van der Waals surface area contributed by atoms with E-state index in [9.17, 15) is 4.79 Å². The Morgan fingerprint density at radius 3 is 2.40 bits per heavy atom. The van der Waals surface area contributed by atoms with Gasteiger partial charge < -0.3 is 9.64 Å². The fraction of sp³-hybridized carbons (Fsp3) is 0.941. The number of carbonyl (C=O) groups excluding carboxylic acids is 1. The van der Waals surface area contributed by atoms with Crippen LogP contribution in [0.1, 0.15) is 73.6 Å². The van der Waals surface area contributed by atoms with Crippen molar-refractivity contribution in [1.29, 1.82) is 0 Å². The second-order valence-corrected chi connectivity index (χ2v) is 8.21. The maximum atomic E-state index is 12.1. The molecule has 3 nitrogen and oxygen atoms in total. The van der Waals surface area contributed by atoms with E-state index in [1.165, 1.54) is 0 Å². The van der Waals surface area contributed by atoms with Crippen LogP contribution in [0.4, 0.5) is 0 Å². The van der Waals surface area contributed by atoms with Gasteiger partial charge in [0.15, 0.2) is 0 Å². The molecule has 1 fully saturated rings. The van der Waals surface area contributed by atoms with Gasteiger partial charge in [0.25, 0.3) is 0 Å². The van der Waals surface area contributed by atoms with Gasteiger partial charge >= 0.3 is 0 Å². The summed E-state index contributed by atoms with van der Waals surface area (Å²) in [7, 11) is 0. The molecule has 20 heavy (non-hydrogen) atoms. The molecule has 1 saturated heterocycles. The fourth-order valence-electron chi connectivity index (χ4n) is 3.31. The Morgan fingerprint density at radius 1 is 1.15 bits per heavy atom. The summed E-state index contributed by atoms with van der Waals surface area (Å²) in [5, 5.41) is 0. The smallest absolute Gasteiger partial charge is 0.224 e. The molecule has 0 aromatic carbocycles.